The summed E-state index contributed by atoms with van der Waals surface area (Å²) in [5.41, 5.74) is 21.3. The van der Waals surface area contributed by atoms with Gasteiger partial charge in [0, 0.05) is 28.2 Å². The molecule has 9 aromatic carbocycles. The summed E-state index contributed by atoms with van der Waals surface area (Å²) in [5.74, 6) is 1.69. The Morgan fingerprint density at radius 2 is 0.647 bits per heavy atom. The molecular weight excluding hydrogens is 827 g/mol. The van der Waals surface area contributed by atoms with Crippen LogP contribution < -0.4 is 9.80 Å². The molecule has 5 heteroatoms. The molecule has 0 amide bonds. The summed E-state index contributed by atoms with van der Waals surface area (Å²) in [5, 5.41) is 0. The van der Waals surface area contributed by atoms with E-state index in [-0.39, 0.29) is 0 Å². The number of hydrogen-bond acceptors (Lipinski definition) is 5. The summed E-state index contributed by atoms with van der Waals surface area (Å²) in [4.78, 5) is 20.4. The minimum Gasteiger partial charge on any atom is -0.309 e. The molecule has 0 radical (unpaired) electrons. The van der Waals surface area contributed by atoms with E-state index in [1.807, 2.05) is 24.3 Å². The van der Waals surface area contributed by atoms with E-state index in [1.54, 1.807) is 0 Å². The first-order valence-electron chi connectivity index (χ1n) is 23.3. The first kappa shape index (κ1) is 43.5. The number of aromatic nitrogens is 3. The Morgan fingerprint density at radius 3 is 1.15 bits per heavy atom. The van der Waals surface area contributed by atoms with Crippen molar-refractivity contribution in [3.63, 3.8) is 0 Å². The maximum absolute atomic E-state index is 5.36. The summed E-state index contributed by atoms with van der Waals surface area (Å²) in [6.45, 7) is 13.2. The average molecular weight is 880 g/mol. The average Bonchev–Trinajstić information content (AvgIpc) is 3.37. The van der Waals surface area contributed by atoms with Gasteiger partial charge in [-0.05, 0) is 140 Å². The molecule has 5 nitrogen and oxygen atoms in total. The summed E-state index contributed by atoms with van der Waals surface area (Å²) in [6, 6.07) is 75.0. The van der Waals surface area contributed by atoms with E-state index < -0.39 is 0 Å². The fourth-order valence-electron chi connectivity index (χ4n) is 9.72. The Kier molecular flexibility index (Phi) is 12.0. The second-order valence-electron chi connectivity index (χ2n) is 17.7. The first-order chi connectivity index (χ1) is 33.2. The molecule has 0 bridgehead atoms. The van der Waals surface area contributed by atoms with E-state index in [2.05, 4.69) is 239 Å². The minimum atomic E-state index is 0.511. The van der Waals surface area contributed by atoms with Gasteiger partial charge < -0.3 is 4.90 Å². The van der Waals surface area contributed by atoms with E-state index >= 15 is 0 Å². The van der Waals surface area contributed by atoms with Crippen LogP contribution in [0.2, 0.25) is 0 Å². The fraction of sp³-hybridized carbons (Fsp3) is 0.0952. The number of benzene rings is 9. The predicted molar refractivity (Wildman–Crippen MR) is 285 cm³/mol. The van der Waals surface area contributed by atoms with Crippen LogP contribution in [0.4, 0.5) is 34.4 Å². The van der Waals surface area contributed by atoms with Gasteiger partial charge in [-0.15, -0.1) is 0 Å². The Balaban J connectivity index is 1.16. The smallest absolute Gasteiger partial charge is 0.238 e. The number of anilines is 6. The van der Waals surface area contributed by atoms with E-state index in [0.29, 0.717) is 17.6 Å². The van der Waals surface area contributed by atoms with E-state index in [4.69, 9.17) is 15.0 Å². The van der Waals surface area contributed by atoms with Crippen molar-refractivity contribution in [3.05, 3.63) is 246 Å². The standard InChI is InChI=1S/C63H53N5/c1-42-37-44(3)59(45(4)38-42)68(60-46(5)39-43(2)40-47(60)6)56-35-33-55(34-36-56)67(54-31-29-50(30-32-54)58-28-17-16-27-57(58)49-21-12-8-13-22-49)63-65-61(51-23-14-9-15-24-51)64-62(66-63)53-26-18-25-52(41-53)48-19-10-7-11-20-48/h7-41H,1-6H3. The van der Waals surface area contributed by atoms with Crippen LogP contribution in [0.15, 0.2) is 212 Å². The maximum Gasteiger partial charge on any atom is 0.238 e. The number of hydrogen-bond donors (Lipinski definition) is 0. The molecule has 1 heterocycles. The molecular formula is C63H53N5. The molecule has 0 aliphatic heterocycles. The van der Waals surface area contributed by atoms with Crippen LogP contribution in [-0.4, -0.2) is 15.0 Å². The zero-order valence-corrected chi connectivity index (χ0v) is 39.4. The fourth-order valence-corrected chi connectivity index (χ4v) is 9.72. The van der Waals surface area contributed by atoms with Crippen LogP contribution in [0.1, 0.15) is 33.4 Å². The van der Waals surface area contributed by atoms with Gasteiger partial charge in [0.05, 0.1) is 11.4 Å². The van der Waals surface area contributed by atoms with Gasteiger partial charge in [-0.3, -0.25) is 4.90 Å². The van der Waals surface area contributed by atoms with Gasteiger partial charge >= 0.3 is 0 Å². The lowest BCUT2D eigenvalue weighted by Crippen LogP contribution is -2.17. The van der Waals surface area contributed by atoms with Crippen molar-refractivity contribution in [3.8, 4) is 56.2 Å². The zero-order chi connectivity index (χ0) is 46.7. The predicted octanol–water partition coefficient (Wildman–Crippen LogP) is 17.0. The summed E-state index contributed by atoms with van der Waals surface area (Å²) < 4.78 is 0. The maximum atomic E-state index is 5.36. The van der Waals surface area contributed by atoms with Crippen LogP contribution in [0.3, 0.4) is 0 Å². The van der Waals surface area contributed by atoms with E-state index in [9.17, 15) is 0 Å². The summed E-state index contributed by atoms with van der Waals surface area (Å²) in [6.07, 6.45) is 0. The van der Waals surface area contributed by atoms with Gasteiger partial charge in [-0.1, -0.05) is 181 Å². The highest BCUT2D eigenvalue weighted by molar-refractivity contribution is 5.87. The molecule has 1 aromatic heterocycles. The number of rotatable bonds is 11. The van der Waals surface area contributed by atoms with Gasteiger partial charge in [0.1, 0.15) is 0 Å². The second kappa shape index (κ2) is 18.8. The molecule has 330 valence electrons. The van der Waals surface area contributed by atoms with Crippen LogP contribution in [-0.2, 0) is 0 Å². The van der Waals surface area contributed by atoms with Crippen LogP contribution >= 0.6 is 0 Å². The summed E-state index contributed by atoms with van der Waals surface area (Å²) in [7, 11) is 0. The van der Waals surface area contributed by atoms with Gasteiger partial charge in [0.2, 0.25) is 5.95 Å². The molecule has 0 fully saturated rings. The van der Waals surface area contributed by atoms with Crippen molar-refractivity contribution in [2.45, 2.75) is 41.5 Å². The van der Waals surface area contributed by atoms with Crippen molar-refractivity contribution in [2.24, 2.45) is 0 Å². The van der Waals surface area contributed by atoms with Gasteiger partial charge in [-0.2, -0.15) is 9.97 Å². The lowest BCUT2D eigenvalue weighted by molar-refractivity contribution is 1.02. The third kappa shape index (κ3) is 8.82. The highest BCUT2D eigenvalue weighted by Crippen LogP contribution is 2.45. The zero-order valence-electron chi connectivity index (χ0n) is 39.4. The van der Waals surface area contributed by atoms with Gasteiger partial charge in [0.25, 0.3) is 0 Å². The molecule has 0 spiro atoms. The molecule has 0 aliphatic carbocycles. The lowest BCUT2D eigenvalue weighted by Gasteiger charge is -2.32. The third-order valence-electron chi connectivity index (χ3n) is 12.6. The van der Waals surface area contributed by atoms with Crippen molar-refractivity contribution >= 4 is 34.4 Å². The molecule has 0 saturated carbocycles. The molecule has 0 aliphatic rings. The monoisotopic (exact) mass is 879 g/mol. The first-order valence-corrected chi connectivity index (χ1v) is 23.3. The van der Waals surface area contributed by atoms with Gasteiger partial charge in [-0.25, -0.2) is 4.98 Å². The van der Waals surface area contributed by atoms with Crippen molar-refractivity contribution in [2.75, 3.05) is 9.80 Å². The van der Waals surface area contributed by atoms with Crippen LogP contribution in [0.5, 0.6) is 0 Å². The summed E-state index contributed by atoms with van der Waals surface area (Å²) >= 11 is 0. The van der Waals surface area contributed by atoms with Crippen molar-refractivity contribution in [1.29, 1.82) is 0 Å². The molecule has 0 atom stereocenters. The number of nitrogens with zero attached hydrogens (tertiary/aromatic N) is 5. The third-order valence-corrected chi connectivity index (χ3v) is 12.6. The quantitative estimate of drug-likeness (QED) is 0.130. The normalized spacial score (nSPS) is 11.1. The minimum absolute atomic E-state index is 0.511. The van der Waals surface area contributed by atoms with Crippen LogP contribution in [0.25, 0.3) is 56.2 Å². The van der Waals surface area contributed by atoms with Crippen molar-refractivity contribution < 1.29 is 0 Å². The highest BCUT2D eigenvalue weighted by Gasteiger charge is 2.24. The topological polar surface area (TPSA) is 45.2 Å². The molecule has 0 saturated heterocycles. The number of aryl methyl sites for hydroxylation is 6. The molecule has 0 N–H and O–H groups in total. The molecule has 68 heavy (non-hydrogen) atoms. The van der Waals surface area contributed by atoms with Crippen molar-refractivity contribution in [1.82, 2.24) is 15.0 Å². The molecule has 10 aromatic rings. The largest absolute Gasteiger partial charge is 0.309 e. The Bertz CT molecular complexity index is 3280. The SMILES string of the molecule is Cc1cc(C)c(N(c2ccc(N(c3ccc(-c4ccccc4-c4ccccc4)cc3)c3nc(-c4ccccc4)nc(-c4cccc(-c5ccccc5)c4)n3)cc2)c2c(C)cc(C)cc2C)c(C)c1. The van der Waals surface area contributed by atoms with Crippen LogP contribution in [0, 0.1) is 41.5 Å². The Morgan fingerprint density at radius 1 is 0.279 bits per heavy atom. The highest BCUT2D eigenvalue weighted by atomic mass is 15.3. The van der Waals surface area contributed by atoms with Gasteiger partial charge in [0.15, 0.2) is 11.6 Å². The lowest BCUT2D eigenvalue weighted by atomic mass is 9.94. The van der Waals surface area contributed by atoms with E-state index in [1.165, 1.54) is 55.9 Å². The Hall–Kier alpha value is -8.41. The molecule has 10 rings (SSSR count). The second-order valence-corrected chi connectivity index (χ2v) is 17.7. The Labute approximate surface area is 400 Å². The molecule has 0 unspecified atom stereocenters. The van der Waals surface area contributed by atoms with E-state index in [0.717, 1.165) is 50.4 Å².